The maximum Gasteiger partial charge on any atom is 0.0700 e. The summed E-state index contributed by atoms with van der Waals surface area (Å²) in [7, 11) is 4.52. The minimum absolute atomic E-state index is 0.457. The van der Waals surface area contributed by atoms with E-state index in [1.54, 1.807) is 0 Å². The molecule has 0 aromatic rings. The van der Waals surface area contributed by atoms with Gasteiger partial charge in [0.2, 0.25) is 0 Å². The Kier molecular flexibility index (Phi) is 6.07. The van der Waals surface area contributed by atoms with Crippen LogP contribution in [0.1, 0.15) is 32.6 Å². The van der Waals surface area contributed by atoms with Crippen LogP contribution in [0.15, 0.2) is 0 Å². The van der Waals surface area contributed by atoms with Crippen molar-refractivity contribution in [3.63, 3.8) is 0 Å². The molecule has 3 unspecified atom stereocenters. The zero-order valence-electron chi connectivity index (χ0n) is 12.9. The zero-order valence-corrected chi connectivity index (χ0v) is 12.9. The van der Waals surface area contributed by atoms with E-state index in [2.05, 4.69) is 36.1 Å². The van der Waals surface area contributed by atoms with Crippen molar-refractivity contribution in [1.82, 2.24) is 15.1 Å². The van der Waals surface area contributed by atoms with Gasteiger partial charge in [0.15, 0.2) is 0 Å². The molecule has 4 nitrogen and oxygen atoms in total. The predicted octanol–water partition coefficient (Wildman–Crippen LogP) is 1.17. The van der Waals surface area contributed by atoms with E-state index in [9.17, 15) is 0 Å². The highest BCUT2D eigenvalue weighted by Gasteiger charge is 2.24. The number of piperidine rings is 1. The summed E-state index contributed by atoms with van der Waals surface area (Å²) in [5, 5.41) is 3.58. The van der Waals surface area contributed by atoms with Crippen LogP contribution < -0.4 is 5.32 Å². The Hall–Kier alpha value is -0.160. The summed E-state index contributed by atoms with van der Waals surface area (Å²) in [6, 6.07) is 1.32. The van der Waals surface area contributed by atoms with Crippen LogP contribution in [0, 0.1) is 0 Å². The van der Waals surface area contributed by atoms with Crippen molar-refractivity contribution in [2.45, 2.75) is 50.8 Å². The van der Waals surface area contributed by atoms with Crippen LogP contribution in [-0.4, -0.2) is 74.9 Å². The summed E-state index contributed by atoms with van der Waals surface area (Å²) in [4.78, 5) is 5.01. The summed E-state index contributed by atoms with van der Waals surface area (Å²) < 4.78 is 5.64. The van der Waals surface area contributed by atoms with Crippen LogP contribution in [-0.2, 0) is 4.74 Å². The van der Waals surface area contributed by atoms with E-state index in [-0.39, 0.29) is 0 Å². The minimum atomic E-state index is 0.457. The van der Waals surface area contributed by atoms with E-state index in [1.807, 2.05) is 0 Å². The molecule has 2 aliphatic heterocycles. The Morgan fingerprint density at radius 2 is 2.21 bits per heavy atom. The lowest BCUT2D eigenvalue weighted by Gasteiger charge is -2.39. The van der Waals surface area contributed by atoms with E-state index in [4.69, 9.17) is 4.74 Å². The summed E-state index contributed by atoms with van der Waals surface area (Å²) in [6.45, 7) is 7.84. The Bertz CT molecular complexity index is 256. The fourth-order valence-electron chi connectivity index (χ4n) is 3.23. The maximum absolute atomic E-state index is 5.64. The predicted molar refractivity (Wildman–Crippen MR) is 79.6 cm³/mol. The van der Waals surface area contributed by atoms with Crippen molar-refractivity contribution in [2.24, 2.45) is 0 Å². The molecule has 19 heavy (non-hydrogen) atoms. The molecule has 0 amide bonds. The molecule has 0 aromatic carbocycles. The number of likely N-dealkylation sites (N-methyl/N-ethyl adjacent to an activating group) is 2. The number of hydrogen-bond acceptors (Lipinski definition) is 4. The Morgan fingerprint density at radius 1 is 1.37 bits per heavy atom. The van der Waals surface area contributed by atoms with Crippen molar-refractivity contribution in [1.29, 1.82) is 0 Å². The molecule has 1 N–H and O–H groups in total. The third kappa shape index (κ3) is 4.71. The summed E-state index contributed by atoms with van der Waals surface area (Å²) in [5.74, 6) is 0. The third-order valence-electron chi connectivity index (χ3n) is 4.71. The van der Waals surface area contributed by atoms with Crippen molar-refractivity contribution in [3.05, 3.63) is 0 Å². The number of rotatable bonds is 6. The lowest BCUT2D eigenvalue weighted by Crippen LogP contribution is -2.50. The molecule has 0 radical (unpaired) electrons. The van der Waals surface area contributed by atoms with Crippen LogP contribution in [0.3, 0.4) is 0 Å². The Balaban J connectivity index is 1.64. The normalized spacial score (nSPS) is 30.9. The fraction of sp³-hybridized carbons (Fsp3) is 1.00. The van der Waals surface area contributed by atoms with Crippen LogP contribution in [0.2, 0.25) is 0 Å². The van der Waals surface area contributed by atoms with Gasteiger partial charge in [-0.1, -0.05) is 0 Å². The molecule has 2 heterocycles. The van der Waals surface area contributed by atoms with Crippen molar-refractivity contribution < 1.29 is 4.74 Å². The molecule has 2 aliphatic rings. The van der Waals surface area contributed by atoms with Gasteiger partial charge in [0.05, 0.1) is 6.10 Å². The highest BCUT2D eigenvalue weighted by atomic mass is 16.5. The van der Waals surface area contributed by atoms with Crippen molar-refractivity contribution >= 4 is 0 Å². The van der Waals surface area contributed by atoms with Gasteiger partial charge in [-0.15, -0.1) is 0 Å². The molecule has 112 valence electrons. The van der Waals surface area contributed by atoms with Gasteiger partial charge < -0.3 is 15.0 Å². The molecule has 0 spiro atoms. The van der Waals surface area contributed by atoms with Crippen LogP contribution in [0.25, 0.3) is 0 Å². The molecule has 0 saturated carbocycles. The first-order valence-corrected chi connectivity index (χ1v) is 7.89. The molecule has 2 fully saturated rings. The lowest BCUT2D eigenvalue weighted by molar-refractivity contribution is 0.0931. The number of ether oxygens (including phenoxy) is 1. The van der Waals surface area contributed by atoms with Crippen molar-refractivity contribution in [2.75, 3.05) is 46.9 Å². The van der Waals surface area contributed by atoms with E-state index < -0.39 is 0 Å². The summed E-state index contributed by atoms with van der Waals surface area (Å²) in [5.41, 5.74) is 0. The van der Waals surface area contributed by atoms with Crippen LogP contribution in [0.5, 0.6) is 0 Å². The molecule has 2 rings (SSSR count). The van der Waals surface area contributed by atoms with Gasteiger partial charge in [-0.3, -0.25) is 4.90 Å². The second kappa shape index (κ2) is 7.58. The SMILES string of the molecule is CC(CNCC1CCCO1)N(C)C1CCCN(C)C1. The first kappa shape index (κ1) is 15.2. The fourth-order valence-corrected chi connectivity index (χ4v) is 3.23. The molecule has 0 bridgehead atoms. The maximum atomic E-state index is 5.64. The first-order valence-electron chi connectivity index (χ1n) is 7.89. The smallest absolute Gasteiger partial charge is 0.0700 e. The lowest BCUT2D eigenvalue weighted by atomic mass is 10.0. The minimum Gasteiger partial charge on any atom is -0.377 e. The molecule has 0 aromatic heterocycles. The van der Waals surface area contributed by atoms with Gasteiger partial charge in [0.25, 0.3) is 0 Å². The number of likely N-dealkylation sites (tertiary alicyclic amines) is 1. The molecular weight excluding hydrogens is 238 g/mol. The van der Waals surface area contributed by atoms with E-state index in [0.29, 0.717) is 12.1 Å². The van der Waals surface area contributed by atoms with Crippen LogP contribution >= 0.6 is 0 Å². The highest BCUT2D eigenvalue weighted by Crippen LogP contribution is 2.15. The van der Waals surface area contributed by atoms with Gasteiger partial charge in [0.1, 0.15) is 0 Å². The highest BCUT2D eigenvalue weighted by molar-refractivity contribution is 4.81. The standard InChI is InChI=1S/C15H31N3O/c1-13(10-16-11-15-7-5-9-19-15)18(3)14-6-4-8-17(2)12-14/h13-16H,4-12H2,1-3H3. The van der Waals surface area contributed by atoms with Gasteiger partial charge in [-0.05, 0) is 53.2 Å². The largest absolute Gasteiger partial charge is 0.377 e. The number of hydrogen-bond donors (Lipinski definition) is 1. The molecule has 3 atom stereocenters. The molecule has 4 heteroatoms. The summed E-state index contributed by atoms with van der Waals surface area (Å²) in [6.07, 6.45) is 5.60. The molecular formula is C15H31N3O. The van der Waals surface area contributed by atoms with Gasteiger partial charge in [0, 0.05) is 38.3 Å². The zero-order chi connectivity index (χ0) is 13.7. The second-order valence-electron chi connectivity index (χ2n) is 6.37. The summed E-state index contributed by atoms with van der Waals surface area (Å²) >= 11 is 0. The van der Waals surface area contributed by atoms with Crippen molar-refractivity contribution in [3.8, 4) is 0 Å². The first-order chi connectivity index (χ1) is 9.16. The molecule has 2 saturated heterocycles. The van der Waals surface area contributed by atoms with E-state index >= 15 is 0 Å². The average Bonchev–Trinajstić information content (AvgIpc) is 2.91. The number of nitrogens with one attached hydrogen (secondary N) is 1. The Labute approximate surface area is 118 Å². The Morgan fingerprint density at radius 3 is 2.89 bits per heavy atom. The molecule has 0 aliphatic carbocycles. The van der Waals surface area contributed by atoms with Gasteiger partial charge in [-0.25, -0.2) is 0 Å². The topological polar surface area (TPSA) is 27.7 Å². The van der Waals surface area contributed by atoms with Crippen LogP contribution in [0.4, 0.5) is 0 Å². The van der Waals surface area contributed by atoms with Gasteiger partial charge >= 0.3 is 0 Å². The monoisotopic (exact) mass is 269 g/mol. The quantitative estimate of drug-likeness (QED) is 0.783. The number of nitrogens with zero attached hydrogens (tertiary/aromatic N) is 2. The average molecular weight is 269 g/mol. The van der Waals surface area contributed by atoms with Gasteiger partial charge in [-0.2, -0.15) is 0 Å². The van der Waals surface area contributed by atoms with E-state index in [0.717, 1.165) is 25.7 Å². The van der Waals surface area contributed by atoms with E-state index in [1.165, 1.54) is 38.8 Å². The third-order valence-corrected chi connectivity index (χ3v) is 4.71. The second-order valence-corrected chi connectivity index (χ2v) is 6.37.